The molecule has 35 heavy (non-hydrogen) atoms. The second-order valence-electron chi connectivity index (χ2n) is 8.99. The summed E-state index contributed by atoms with van der Waals surface area (Å²) in [6.45, 7) is 1.11. The molecular weight excluding hydrogens is 442 g/mol. The lowest BCUT2D eigenvalue weighted by Gasteiger charge is -2.18. The number of benzene rings is 3. The van der Waals surface area contributed by atoms with Gasteiger partial charge in [0.15, 0.2) is 5.78 Å². The van der Waals surface area contributed by atoms with Gasteiger partial charge < -0.3 is 19.1 Å². The minimum Gasteiger partial charge on any atom is -0.494 e. The van der Waals surface area contributed by atoms with E-state index in [1.54, 1.807) is 0 Å². The predicted molar refractivity (Wildman–Crippen MR) is 136 cm³/mol. The first-order valence-corrected chi connectivity index (χ1v) is 12.3. The summed E-state index contributed by atoms with van der Waals surface area (Å²) < 4.78 is 13.8. The normalized spacial score (nSPS) is 13.2. The molecule has 0 bridgehead atoms. The number of unbranched alkanes of at least 4 members (excludes halogenated alkanes) is 2. The van der Waals surface area contributed by atoms with Crippen LogP contribution in [0, 0.1) is 0 Å². The molecule has 3 aromatic carbocycles. The van der Waals surface area contributed by atoms with Gasteiger partial charge in [0, 0.05) is 39.9 Å². The molecule has 1 N–H and O–H groups in total. The average molecular weight is 472 g/mol. The van der Waals surface area contributed by atoms with Crippen LogP contribution in [0.25, 0.3) is 21.8 Å². The highest BCUT2D eigenvalue weighted by Crippen LogP contribution is 2.32. The number of fused-ring (bicyclic) bond motifs is 4. The Morgan fingerprint density at radius 2 is 1.66 bits per heavy atom. The van der Waals surface area contributed by atoms with Crippen LogP contribution in [0.5, 0.6) is 11.5 Å². The smallest absolute Gasteiger partial charge is 0.323 e. The van der Waals surface area contributed by atoms with E-state index in [4.69, 9.17) is 9.47 Å². The molecule has 1 aromatic heterocycles. The Morgan fingerprint density at radius 1 is 0.857 bits per heavy atom. The third kappa shape index (κ3) is 4.87. The largest absolute Gasteiger partial charge is 0.494 e. The van der Waals surface area contributed by atoms with Gasteiger partial charge in [-0.1, -0.05) is 30.3 Å². The standard InChI is InChI=1S/C29H29NO5/c31-27-12-6-10-24-23(27)9-7-13-28(24)35-17-5-1-4-16-34-20-14-15-22-21-8-2-3-11-25(21)30(19-29(32)33)26(22)18-20/h2-3,7-9,11,13-15,18H,1,4-6,10,12,16-17,19H2,(H,32,33). The van der Waals surface area contributed by atoms with Crippen LogP contribution in [0.4, 0.5) is 0 Å². The van der Waals surface area contributed by atoms with Crippen molar-refractivity contribution in [3.05, 3.63) is 71.8 Å². The summed E-state index contributed by atoms with van der Waals surface area (Å²) in [6, 6.07) is 19.5. The molecular formula is C29H29NO5. The zero-order chi connectivity index (χ0) is 24.2. The summed E-state index contributed by atoms with van der Waals surface area (Å²) in [7, 11) is 0. The lowest BCUT2D eigenvalue weighted by atomic mass is 9.90. The van der Waals surface area contributed by atoms with Crippen molar-refractivity contribution in [1.29, 1.82) is 0 Å². The van der Waals surface area contributed by atoms with Crippen molar-refractivity contribution >= 4 is 33.6 Å². The second-order valence-corrected chi connectivity index (χ2v) is 8.99. The van der Waals surface area contributed by atoms with Gasteiger partial charge in [-0.25, -0.2) is 0 Å². The van der Waals surface area contributed by atoms with E-state index in [0.29, 0.717) is 19.6 Å². The maximum Gasteiger partial charge on any atom is 0.323 e. The Bertz CT molecular complexity index is 1390. The first-order valence-electron chi connectivity index (χ1n) is 12.3. The molecule has 6 nitrogen and oxygen atoms in total. The summed E-state index contributed by atoms with van der Waals surface area (Å²) in [5.74, 6) is 0.930. The second kappa shape index (κ2) is 10.2. The molecule has 0 amide bonds. The number of carbonyl (C=O) groups is 2. The average Bonchev–Trinajstić information content (AvgIpc) is 3.16. The maximum atomic E-state index is 12.1. The molecule has 0 saturated carbocycles. The maximum absolute atomic E-state index is 12.1. The molecule has 1 heterocycles. The van der Waals surface area contributed by atoms with Crippen molar-refractivity contribution in [1.82, 2.24) is 4.57 Å². The molecule has 1 aliphatic carbocycles. The van der Waals surface area contributed by atoms with Crippen molar-refractivity contribution in [2.75, 3.05) is 13.2 Å². The van der Waals surface area contributed by atoms with E-state index in [9.17, 15) is 14.7 Å². The molecule has 1 aliphatic rings. The Labute approximate surface area is 204 Å². The molecule has 0 saturated heterocycles. The van der Waals surface area contributed by atoms with Gasteiger partial charge in [0.1, 0.15) is 18.0 Å². The fourth-order valence-corrected chi connectivity index (χ4v) is 4.96. The van der Waals surface area contributed by atoms with Crippen LogP contribution in [0.2, 0.25) is 0 Å². The summed E-state index contributed by atoms with van der Waals surface area (Å²) in [5.41, 5.74) is 3.65. The van der Waals surface area contributed by atoms with Crippen LogP contribution in [0.3, 0.4) is 0 Å². The molecule has 0 atom stereocenters. The number of Topliss-reactive ketones (excluding diaryl/α,β-unsaturated/α-hetero) is 1. The fraction of sp³-hybridized carbons (Fsp3) is 0.310. The third-order valence-electron chi connectivity index (χ3n) is 6.62. The van der Waals surface area contributed by atoms with Crippen molar-refractivity contribution in [2.45, 2.75) is 45.1 Å². The van der Waals surface area contributed by atoms with Gasteiger partial charge >= 0.3 is 5.97 Å². The number of hydrogen-bond donors (Lipinski definition) is 1. The monoisotopic (exact) mass is 471 g/mol. The van der Waals surface area contributed by atoms with Gasteiger partial charge in [0.2, 0.25) is 0 Å². The highest BCUT2D eigenvalue weighted by atomic mass is 16.5. The van der Waals surface area contributed by atoms with Crippen LogP contribution in [0.15, 0.2) is 60.7 Å². The molecule has 180 valence electrons. The number of carboxylic acids is 1. The van der Waals surface area contributed by atoms with Crippen molar-refractivity contribution in [3.8, 4) is 11.5 Å². The highest BCUT2D eigenvalue weighted by Gasteiger charge is 2.20. The number of hydrogen-bond acceptors (Lipinski definition) is 4. The number of rotatable bonds is 10. The van der Waals surface area contributed by atoms with E-state index in [2.05, 4.69) is 0 Å². The van der Waals surface area contributed by atoms with E-state index in [1.165, 1.54) is 0 Å². The van der Waals surface area contributed by atoms with Crippen LogP contribution < -0.4 is 9.47 Å². The van der Waals surface area contributed by atoms with Gasteiger partial charge in [0.05, 0.1) is 18.7 Å². The van der Waals surface area contributed by atoms with Gasteiger partial charge in [-0.3, -0.25) is 9.59 Å². The Kier molecular flexibility index (Phi) is 6.70. The summed E-state index contributed by atoms with van der Waals surface area (Å²) >= 11 is 0. The lowest BCUT2D eigenvalue weighted by Crippen LogP contribution is -2.12. The minimum absolute atomic E-state index is 0.0910. The number of ether oxygens (including phenoxy) is 2. The van der Waals surface area contributed by atoms with Crippen LogP contribution in [0.1, 0.15) is 48.0 Å². The van der Waals surface area contributed by atoms with E-state index < -0.39 is 5.97 Å². The molecule has 5 rings (SSSR count). The first-order chi connectivity index (χ1) is 17.1. The zero-order valence-corrected chi connectivity index (χ0v) is 19.7. The number of carboxylic acid groups (broad SMARTS) is 1. The van der Waals surface area contributed by atoms with Crippen molar-refractivity contribution in [3.63, 3.8) is 0 Å². The number of para-hydroxylation sites is 1. The fourth-order valence-electron chi connectivity index (χ4n) is 4.96. The Balaban J connectivity index is 1.14. The van der Waals surface area contributed by atoms with Gasteiger partial charge in [-0.2, -0.15) is 0 Å². The predicted octanol–water partition coefficient (Wildman–Crippen LogP) is 6.03. The van der Waals surface area contributed by atoms with E-state index in [-0.39, 0.29) is 12.3 Å². The number of aliphatic carboxylic acids is 1. The minimum atomic E-state index is -0.871. The van der Waals surface area contributed by atoms with E-state index >= 15 is 0 Å². The molecule has 0 radical (unpaired) electrons. The molecule has 6 heteroatoms. The first kappa shape index (κ1) is 23.0. The number of aromatic nitrogens is 1. The van der Waals surface area contributed by atoms with Crippen molar-refractivity contribution in [2.24, 2.45) is 0 Å². The molecule has 0 spiro atoms. The summed E-state index contributed by atoms with van der Waals surface area (Å²) in [5, 5.41) is 11.4. The zero-order valence-electron chi connectivity index (χ0n) is 19.7. The van der Waals surface area contributed by atoms with Gasteiger partial charge in [-0.05, 0) is 56.4 Å². The topological polar surface area (TPSA) is 77.8 Å². The lowest BCUT2D eigenvalue weighted by molar-refractivity contribution is -0.137. The van der Waals surface area contributed by atoms with Crippen LogP contribution in [-0.4, -0.2) is 34.6 Å². The summed E-state index contributed by atoms with van der Waals surface area (Å²) in [6.07, 6.45) is 5.20. The number of carbonyl (C=O) groups excluding carboxylic acids is 1. The van der Waals surface area contributed by atoms with Crippen LogP contribution >= 0.6 is 0 Å². The van der Waals surface area contributed by atoms with Gasteiger partial charge in [-0.15, -0.1) is 0 Å². The summed E-state index contributed by atoms with van der Waals surface area (Å²) in [4.78, 5) is 23.5. The quantitative estimate of drug-likeness (QED) is 0.286. The van der Waals surface area contributed by atoms with Gasteiger partial charge in [0.25, 0.3) is 0 Å². The number of ketones is 1. The number of nitrogens with zero attached hydrogens (tertiary/aromatic N) is 1. The molecule has 4 aromatic rings. The van der Waals surface area contributed by atoms with Crippen molar-refractivity contribution < 1.29 is 24.2 Å². The van der Waals surface area contributed by atoms with Crippen LogP contribution in [-0.2, 0) is 17.8 Å². The Morgan fingerprint density at radius 3 is 2.51 bits per heavy atom. The molecule has 0 unspecified atom stereocenters. The van der Waals surface area contributed by atoms with E-state index in [1.807, 2.05) is 65.2 Å². The molecule has 0 aliphatic heterocycles. The molecule has 0 fully saturated rings. The van der Waals surface area contributed by atoms with E-state index in [0.717, 1.165) is 76.5 Å². The Hall–Kier alpha value is -3.80. The highest BCUT2D eigenvalue weighted by molar-refractivity contribution is 6.08. The third-order valence-corrected chi connectivity index (χ3v) is 6.62. The SMILES string of the molecule is O=C(O)Cn1c2ccccc2c2ccc(OCCCCCOc3cccc4c3CCCC4=O)cc21.